The molecule has 1 aromatic carbocycles. The Morgan fingerprint density at radius 3 is 2.67 bits per heavy atom. The summed E-state index contributed by atoms with van der Waals surface area (Å²) < 4.78 is 43.0. The van der Waals surface area contributed by atoms with Crippen molar-refractivity contribution in [3.8, 4) is 11.4 Å². The Hall–Kier alpha value is -2.18. The molecule has 96 valence electrons. The molecule has 18 heavy (non-hydrogen) atoms. The number of hydrogen-bond donors (Lipinski definition) is 1. The van der Waals surface area contributed by atoms with Crippen molar-refractivity contribution in [3.63, 3.8) is 0 Å². The van der Waals surface area contributed by atoms with E-state index < -0.39 is 18.2 Å². The van der Waals surface area contributed by atoms with Crippen LogP contribution in [0.1, 0.15) is 5.69 Å². The van der Waals surface area contributed by atoms with Crippen molar-refractivity contribution in [2.45, 2.75) is 13.5 Å². The number of halogens is 3. The minimum absolute atomic E-state index is 0.0808. The van der Waals surface area contributed by atoms with Crippen LogP contribution < -0.4 is 10.5 Å². The Bertz CT molecular complexity index is 569. The molecule has 2 rings (SSSR count). The summed E-state index contributed by atoms with van der Waals surface area (Å²) in [5, 5.41) is 4.06. The first-order valence-corrected chi connectivity index (χ1v) is 5.04. The molecule has 0 aliphatic carbocycles. The minimum Gasteiger partial charge on any atom is -0.432 e. The monoisotopic (exact) mass is 257 g/mol. The average molecular weight is 257 g/mol. The summed E-state index contributed by atoms with van der Waals surface area (Å²) in [4.78, 5) is 0. The zero-order valence-electron chi connectivity index (χ0n) is 9.40. The standard InChI is InChI=1S/C11H10F3N3O/c1-6-2-3-17(16-6)9-5-10(18-11(13)14)7(12)4-8(9)15/h2-5,11H,15H2,1H3. The number of aromatic nitrogens is 2. The minimum atomic E-state index is -3.10. The number of nitrogens with two attached hydrogens (primary N) is 1. The third-order valence-corrected chi connectivity index (χ3v) is 2.27. The Morgan fingerprint density at radius 1 is 1.39 bits per heavy atom. The van der Waals surface area contributed by atoms with Crippen LogP contribution in [0.3, 0.4) is 0 Å². The van der Waals surface area contributed by atoms with Crippen LogP contribution in [-0.2, 0) is 0 Å². The smallest absolute Gasteiger partial charge is 0.387 e. The molecule has 0 unspecified atom stereocenters. The Morgan fingerprint density at radius 2 is 2.11 bits per heavy atom. The number of hydrogen-bond acceptors (Lipinski definition) is 3. The summed E-state index contributed by atoms with van der Waals surface area (Å²) in [7, 11) is 0. The van der Waals surface area contributed by atoms with E-state index in [9.17, 15) is 13.2 Å². The molecular formula is C11H10F3N3O. The van der Waals surface area contributed by atoms with Gasteiger partial charge in [-0.1, -0.05) is 0 Å². The van der Waals surface area contributed by atoms with Crippen LogP contribution in [0.15, 0.2) is 24.4 Å². The molecule has 0 saturated carbocycles. The molecule has 7 heteroatoms. The highest BCUT2D eigenvalue weighted by Gasteiger charge is 2.14. The van der Waals surface area contributed by atoms with Gasteiger partial charge in [-0.3, -0.25) is 0 Å². The molecule has 2 aromatic rings. The number of ether oxygens (including phenoxy) is 1. The van der Waals surface area contributed by atoms with E-state index >= 15 is 0 Å². The zero-order valence-corrected chi connectivity index (χ0v) is 9.40. The summed E-state index contributed by atoms with van der Waals surface area (Å²) in [6, 6.07) is 3.71. The predicted octanol–water partition coefficient (Wildman–Crippen LogP) is 2.50. The quantitative estimate of drug-likeness (QED) is 0.859. The molecule has 0 saturated heterocycles. The molecular weight excluding hydrogens is 247 g/mol. The number of nitrogen functional groups attached to an aromatic ring is 1. The summed E-state index contributed by atoms with van der Waals surface area (Å²) in [6.07, 6.45) is 1.59. The van der Waals surface area contributed by atoms with Crippen molar-refractivity contribution in [2.24, 2.45) is 0 Å². The zero-order chi connectivity index (χ0) is 13.3. The van der Waals surface area contributed by atoms with Gasteiger partial charge in [0, 0.05) is 18.3 Å². The second-order valence-corrected chi connectivity index (χ2v) is 3.62. The van der Waals surface area contributed by atoms with Crippen molar-refractivity contribution >= 4 is 5.69 Å². The first-order chi connectivity index (χ1) is 8.47. The number of rotatable bonds is 3. The fourth-order valence-electron chi connectivity index (χ4n) is 1.49. The molecule has 1 aromatic heterocycles. The fourth-order valence-corrected chi connectivity index (χ4v) is 1.49. The molecule has 2 N–H and O–H groups in total. The average Bonchev–Trinajstić information content (AvgIpc) is 2.68. The van der Waals surface area contributed by atoms with Gasteiger partial charge in [0.05, 0.1) is 17.1 Å². The van der Waals surface area contributed by atoms with Crippen LogP contribution in [0.4, 0.5) is 18.9 Å². The Balaban J connectivity index is 2.47. The lowest BCUT2D eigenvalue weighted by Crippen LogP contribution is -2.07. The normalized spacial score (nSPS) is 10.9. The maximum Gasteiger partial charge on any atom is 0.387 e. The van der Waals surface area contributed by atoms with Crippen LogP contribution in [0, 0.1) is 12.7 Å². The van der Waals surface area contributed by atoms with E-state index in [1.807, 2.05) is 0 Å². The highest BCUT2D eigenvalue weighted by Crippen LogP contribution is 2.27. The van der Waals surface area contributed by atoms with Gasteiger partial charge >= 0.3 is 6.61 Å². The second kappa shape index (κ2) is 4.59. The van der Waals surface area contributed by atoms with Crippen LogP contribution in [0.25, 0.3) is 5.69 Å². The van der Waals surface area contributed by atoms with Gasteiger partial charge in [-0.15, -0.1) is 0 Å². The maximum atomic E-state index is 13.3. The molecule has 0 atom stereocenters. The number of aryl methyl sites for hydroxylation is 1. The van der Waals surface area contributed by atoms with Crippen molar-refractivity contribution < 1.29 is 17.9 Å². The van der Waals surface area contributed by atoms with Gasteiger partial charge < -0.3 is 10.5 Å². The Labute approximate surface area is 101 Å². The van der Waals surface area contributed by atoms with Crippen molar-refractivity contribution in [1.29, 1.82) is 0 Å². The van der Waals surface area contributed by atoms with Gasteiger partial charge in [-0.2, -0.15) is 13.9 Å². The molecule has 0 radical (unpaired) electrons. The summed E-state index contributed by atoms with van der Waals surface area (Å²) >= 11 is 0. The highest BCUT2D eigenvalue weighted by molar-refractivity contribution is 5.60. The van der Waals surface area contributed by atoms with E-state index in [-0.39, 0.29) is 11.4 Å². The molecule has 0 aliphatic rings. The molecule has 4 nitrogen and oxygen atoms in total. The van der Waals surface area contributed by atoms with Gasteiger partial charge in [-0.25, -0.2) is 9.07 Å². The van der Waals surface area contributed by atoms with E-state index in [0.29, 0.717) is 0 Å². The van der Waals surface area contributed by atoms with Crippen LogP contribution in [0.5, 0.6) is 5.75 Å². The number of benzene rings is 1. The van der Waals surface area contributed by atoms with Crippen LogP contribution >= 0.6 is 0 Å². The van der Waals surface area contributed by atoms with Crippen molar-refractivity contribution in [1.82, 2.24) is 9.78 Å². The Kier molecular flexibility index (Phi) is 3.14. The van der Waals surface area contributed by atoms with E-state index in [0.717, 1.165) is 17.8 Å². The van der Waals surface area contributed by atoms with Crippen LogP contribution in [0.2, 0.25) is 0 Å². The van der Waals surface area contributed by atoms with Crippen LogP contribution in [-0.4, -0.2) is 16.4 Å². The topological polar surface area (TPSA) is 53.1 Å². The summed E-state index contributed by atoms with van der Waals surface area (Å²) in [5.74, 6) is -1.51. The number of alkyl halides is 2. The third kappa shape index (κ3) is 2.39. The van der Waals surface area contributed by atoms with Crippen molar-refractivity contribution in [3.05, 3.63) is 35.9 Å². The summed E-state index contributed by atoms with van der Waals surface area (Å²) in [6.45, 7) is -1.34. The van der Waals surface area contributed by atoms with Gasteiger partial charge in [0.15, 0.2) is 11.6 Å². The van der Waals surface area contributed by atoms with Gasteiger partial charge in [0.2, 0.25) is 0 Å². The predicted molar refractivity (Wildman–Crippen MR) is 59.3 cm³/mol. The fraction of sp³-hybridized carbons (Fsp3) is 0.182. The summed E-state index contributed by atoms with van der Waals surface area (Å²) in [5.41, 5.74) is 6.69. The lowest BCUT2D eigenvalue weighted by atomic mass is 10.2. The molecule has 1 heterocycles. The van der Waals surface area contributed by atoms with Gasteiger partial charge in [0.1, 0.15) is 0 Å². The van der Waals surface area contributed by atoms with Gasteiger partial charge in [0.25, 0.3) is 0 Å². The van der Waals surface area contributed by atoms with E-state index in [4.69, 9.17) is 5.73 Å². The lowest BCUT2D eigenvalue weighted by Gasteiger charge is -2.10. The largest absolute Gasteiger partial charge is 0.432 e. The molecule has 0 bridgehead atoms. The van der Waals surface area contributed by atoms with E-state index in [1.165, 1.54) is 4.68 Å². The molecule has 0 spiro atoms. The third-order valence-electron chi connectivity index (χ3n) is 2.27. The molecule has 0 fully saturated rings. The number of anilines is 1. The van der Waals surface area contributed by atoms with Crippen molar-refractivity contribution in [2.75, 3.05) is 5.73 Å². The molecule has 0 amide bonds. The lowest BCUT2D eigenvalue weighted by molar-refractivity contribution is -0.0521. The SMILES string of the molecule is Cc1ccn(-c2cc(OC(F)F)c(F)cc2N)n1. The highest BCUT2D eigenvalue weighted by atomic mass is 19.3. The van der Waals surface area contributed by atoms with E-state index in [1.54, 1.807) is 19.2 Å². The maximum absolute atomic E-state index is 13.3. The number of nitrogens with zero attached hydrogens (tertiary/aromatic N) is 2. The first-order valence-electron chi connectivity index (χ1n) is 5.04. The van der Waals surface area contributed by atoms with E-state index in [2.05, 4.69) is 9.84 Å². The van der Waals surface area contributed by atoms with Gasteiger partial charge in [-0.05, 0) is 13.0 Å². The molecule has 0 aliphatic heterocycles. The second-order valence-electron chi connectivity index (χ2n) is 3.62. The first kappa shape index (κ1) is 12.3.